The van der Waals surface area contributed by atoms with Crippen LogP contribution in [-0.2, 0) is 6.54 Å². The van der Waals surface area contributed by atoms with Crippen LogP contribution in [-0.4, -0.2) is 30.0 Å². The molecule has 0 unspecified atom stereocenters. The number of nitrogens with zero attached hydrogens (tertiary/aromatic N) is 2. The highest BCUT2D eigenvalue weighted by Crippen LogP contribution is 2.31. The highest BCUT2D eigenvalue weighted by atomic mass is 16.6. The lowest BCUT2D eigenvalue weighted by molar-refractivity contribution is -0.384. The van der Waals surface area contributed by atoms with Gasteiger partial charge in [-0.05, 0) is 36.4 Å². The van der Waals surface area contributed by atoms with E-state index in [1.165, 1.54) is 12.8 Å². The molecule has 1 N–H and O–H groups in total. The van der Waals surface area contributed by atoms with E-state index >= 15 is 0 Å². The fraction of sp³-hybridized carbons (Fsp3) is 0.600. The Kier molecular flexibility index (Phi) is 4.28. The number of piperidine rings is 1. The topological polar surface area (TPSA) is 58.4 Å². The molecule has 0 aliphatic carbocycles. The summed E-state index contributed by atoms with van der Waals surface area (Å²) in [5.41, 5.74) is 2.47. The number of hydrogen-bond donors (Lipinski definition) is 1. The van der Waals surface area contributed by atoms with Gasteiger partial charge in [-0.25, -0.2) is 0 Å². The molecule has 20 heavy (non-hydrogen) atoms. The van der Waals surface area contributed by atoms with Gasteiger partial charge in [0.15, 0.2) is 0 Å². The summed E-state index contributed by atoms with van der Waals surface area (Å²) in [5.74, 6) is 0. The molecule has 0 aromatic heterocycles. The first kappa shape index (κ1) is 14.8. The number of nitro groups is 1. The van der Waals surface area contributed by atoms with E-state index in [4.69, 9.17) is 0 Å². The summed E-state index contributed by atoms with van der Waals surface area (Å²) in [6, 6.07) is 5.03. The van der Waals surface area contributed by atoms with Gasteiger partial charge >= 0.3 is 0 Å². The third kappa shape index (κ3) is 3.48. The zero-order chi connectivity index (χ0) is 14.8. The van der Waals surface area contributed by atoms with E-state index in [1.54, 1.807) is 18.2 Å². The standard InChI is InChI=1S/C15H23N3O2/c1-15(2)7-4-8-17(11-15)10-12-9-13(18(19)20)5-6-14(12)16-3/h5-6,9,16H,4,7-8,10-11H2,1-3H3. The Morgan fingerprint density at radius 1 is 1.45 bits per heavy atom. The average molecular weight is 277 g/mol. The summed E-state index contributed by atoms with van der Waals surface area (Å²) >= 11 is 0. The summed E-state index contributed by atoms with van der Waals surface area (Å²) in [4.78, 5) is 13.0. The second-order valence-electron chi connectivity index (χ2n) is 6.33. The van der Waals surface area contributed by atoms with E-state index in [2.05, 4.69) is 24.1 Å². The van der Waals surface area contributed by atoms with Gasteiger partial charge in [0.25, 0.3) is 5.69 Å². The summed E-state index contributed by atoms with van der Waals surface area (Å²) in [7, 11) is 1.85. The van der Waals surface area contributed by atoms with E-state index < -0.39 is 0 Å². The van der Waals surface area contributed by atoms with Crippen LogP contribution in [0, 0.1) is 15.5 Å². The number of rotatable bonds is 4. The van der Waals surface area contributed by atoms with Gasteiger partial charge < -0.3 is 5.32 Å². The van der Waals surface area contributed by atoms with Gasteiger partial charge in [0.2, 0.25) is 0 Å². The first-order valence-corrected chi connectivity index (χ1v) is 7.09. The number of anilines is 1. The maximum atomic E-state index is 10.9. The molecule has 0 atom stereocenters. The lowest BCUT2D eigenvalue weighted by atomic mass is 9.84. The highest BCUT2D eigenvalue weighted by molar-refractivity contribution is 5.55. The van der Waals surface area contributed by atoms with Crippen LogP contribution < -0.4 is 5.32 Å². The fourth-order valence-electron chi connectivity index (χ4n) is 2.99. The second kappa shape index (κ2) is 5.79. The zero-order valence-electron chi connectivity index (χ0n) is 12.5. The molecule has 110 valence electrons. The molecule has 1 aromatic carbocycles. The van der Waals surface area contributed by atoms with Crippen molar-refractivity contribution in [1.82, 2.24) is 4.90 Å². The second-order valence-corrected chi connectivity index (χ2v) is 6.33. The Labute approximate surface area is 120 Å². The SMILES string of the molecule is CNc1ccc([N+](=O)[O-])cc1CN1CCCC(C)(C)C1. The number of hydrogen-bond acceptors (Lipinski definition) is 4. The van der Waals surface area contributed by atoms with Crippen LogP contribution in [0.3, 0.4) is 0 Å². The van der Waals surface area contributed by atoms with Gasteiger partial charge in [-0.2, -0.15) is 0 Å². The van der Waals surface area contributed by atoms with Gasteiger partial charge in [0, 0.05) is 38.0 Å². The molecule has 5 nitrogen and oxygen atoms in total. The van der Waals surface area contributed by atoms with Crippen molar-refractivity contribution in [2.45, 2.75) is 33.2 Å². The first-order chi connectivity index (χ1) is 9.41. The summed E-state index contributed by atoms with van der Waals surface area (Å²) in [5, 5.41) is 14.0. The van der Waals surface area contributed by atoms with Gasteiger partial charge in [-0.3, -0.25) is 15.0 Å². The molecule has 1 aliphatic heterocycles. The maximum absolute atomic E-state index is 10.9. The fourth-order valence-corrected chi connectivity index (χ4v) is 2.99. The van der Waals surface area contributed by atoms with Crippen molar-refractivity contribution in [1.29, 1.82) is 0 Å². The van der Waals surface area contributed by atoms with Gasteiger partial charge in [-0.1, -0.05) is 13.8 Å². The monoisotopic (exact) mass is 277 g/mol. The normalized spacial score (nSPS) is 18.8. The van der Waals surface area contributed by atoms with E-state index in [-0.39, 0.29) is 10.6 Å². The van der Waals surface area contributed by atoms with E-state index in [1.807, 2.05) is 7.05 Å². The third-order valence-electron chi connectivity index (χ3n) is 3.94. The molecule has 1 aliphatic rings. The Morgan fingerprint density at radius 3 is 2.80 bits per heavy atom. The van der Waals surface area contributed by atoms with Crippen LogP contribution >= 0.6 is 0 Å². The molecular weight excluding hydrogens is 254 g/mol. The van der Waals surface area contributed by atoms with Crippen molar-refractivity contribution in [3.05, 3.63) is 33.9 Å². The number of likely N-dealkylation sites (tertiary alicyclic amines) is 1. The minimum absolute atomic E-state index is 0.162. The Balaban J connectivity index is 2.18. The maximum Gasteiger partial charge on any atom is 0.269 e. The Hall–Kier alpha value is -1.62. The summed E-state index contributed by atoms with van der Waals surface area (Å²) in [6.07, 6.45) is 2.44. The highest BCUT2D eigenvalue weighted by Gasteiger charge is 2.26. The molecule has 5 heteroatoms. The number of nitro benzene ring substituents is 1. The van der Waals surface area contributed by atoms with Crippen LogP contribution in [0.2, 0.25) is 0 Å². The molecule has 1 aromatic rings. The third-order valence-corrected chi connectivity index (χ3v) is 3.94. The Bertz CT molecular complexity index is 500. The largest absolute Gasteiger partial charge is 0.388 e. The molecule has 1 heterocycles. The molecule has 0 saturated carbocycles. The minimum atomic E-state index is -0.330. The molecule has 1 saturated heterocycles. The van der Waals surface area contributed by atoms with Gasteiger partial charge in [0.05, 0.1) is 4.92 Å². The van der Waals surface area contributed by atoms with Crippen molar-refractivity contribution < 1.29 is 4.92 Å². The molecule has 2 rings (SSSR count). The number of non-ortho nitro benzene ring substituents is 1. The Morgan fingerprint density at radius 2 is 2.20 bits per heavy atom. The average Bonchev–Trinajstić information content (AvgIpc) is 2.37. The predicted molar refractivity (Wildman–Crippen MR) is 80.9 cm³/mol. The lowest BCUT2D eigenvalue weighted by Crippen LogP contribution is -2.39. The van der Waals surface area contributed by atoms with E-state index in [0.29, 0.717) is 5.41 Å². The van der Waals surface area contributed by atoms with Crippen molar-refractivity contribution in [3.8, 4) is 0 Å². The zero-order valence-corrected chi connectivity index (χ0v) is 12.5. The molecule has 0 amide bonds. The quantitative estimate of drug-likeness (QED) is 0.678. The lowest BCUT2D eigenvalue weighted by Gasteiger charge is -2.38. The van der Waals surface area contributed by atoms with Crippen LogP contribution in [0.25, 0.3) is 0 Å². The number of nitrogens with one attached hydrogen (secondary N) is 1. The smallest absolute Gasteiger partial charge is 0.269 e. The predicted octanol–water partition coefficient (Wildman–Crippen LogP) is 3.26. The van der Waals surface area contributed by atoms with Crippen molar-refractivity contribution in [2.24, 2.45) is 5.41 Å². The van der Waals surface area contributed by atoms with E-state index in [9.17, 15) is 10.1 Å². The molecule has 0 radical (unpaired) electrons. The number of benzene rings is 1. The minimum Gasteiger partial charge on any atom is -0.388 e. The van der Waals surface area contributed by atoms with Crippen LogP contribution in [0.5, 0.6) is 0 Å². The summed E-state index contributed by atoms with van der Waals surface area (Å²) in [6.45, 7) is 7.44. The van der Waals surface area contributed by atoms with Gasteiger partial charge in [0.1, 0.15) is 0 Å². The van der Waals surface area contributed by atoms with Gasteiger partial charge in [-0.15, -0.1) is 0 Å². The van der Waals surface area contributed by atoms with Crippen LogP contribution in [0.15, 0.2) is 18.2 Å². The molecule has 0 spiro atoms. The summed E-state index contributed by atoms with van der Waals surface area (Å²) < 4.78 is 0. The van der Waals surface area contributed by atoms with Crippen molar-refractivity contribution >= 4 is 11.4 Å². The van der Waals surface area contributed by atoms with Crippen LogP contribution in [0.4, 0.5) is 11.4 Å². The first-order valence-electron chi connectivity index (χ1n) is 7.09. The van der Waals surface area contributed by atoms with Crippen molar-refractivity contribution in [3.63, 3.8) is 0 Å². The molecule has 0 bridgehead atoms. The van der Waals surface area contributed by atoms with E-state index in [0.717, 1.165) is 30.9 Å². The molecule has 1 fully saturated rings. The molecular formula is C15H23N3O2. The van der Waals surface area contributed by atoms with Crippen LogP contribution in [0.1, 0.15) is 32.3 Å². The van der Waals surface area contributed by atoms with Crippen molar-refractivity contribution in [2.75, 3.05) is 25.5 Å².